The highest BCUT2D eigenvalue weighted by Gasteiger charge is 2.52. The van der Waals surface area contributed by atoms with Gasteiger partial charge in [0.05, 0.1) is 18.6 Å². The molecule has 1 heterocycles. The van der Waals surface area contributed by atoms with E-state index in [2.05, 4.69) is 10.5 Å². The van der Waals surface area contributed by atoms with Crippen molar-refractivity contribution < 1.29 is 52.9 Å². The van der Waals surface area contributed by atoms with E-state index in [1.54, 1.807) is 89.2 Å². The molecule has 0 radical (unpaired) electrons. The summed E-state index contributed by atoms with van der Waals surface area (Å²) in [5.74, 6) is -3.62. The number of ether oxygens (including phenoxy) is 4. The quantitative estimate of drug-likeness (QED) is 0.243. The van der Waals surface area contributed by atoms with Crippen LogP contribution >= 0.6 is 0 Å². The zero-order chi connectivity index (χ0) is 36.9. The number of amides is 1. The standard InChI is InChI=1S/C35H52N2O11/c1-31(2,3)44-27(40)18-24(29(42)46-33(7,8)9)36-26(39)16-14-21-13-15-22(38)17-23(21)25-19-35(48-37-25,30(43)47-34(10,11)12)20-28(41)45-32(4,5)6/h13,15,17,24,38H,14,16,18-20H2,1-12H3,(H,36,39)/t24-,35?/m0/s1. The lowest BCUT2D eigenvalue weighted by atomic mass is 9.88. The number of rotatable bonds is 11. The van der Waals surface area contributed by atoms with Crippen LogP contribution in [-0.4, -0.2) is 74.6 Å². The van der Waals surface area contributed by atoms with E-state index in [-0.39, 0.29) is 30.7 Å². The highest BCUT2D eigenvalue weighted by atomic mass is 16.7. The molecule has 0 aliphatic carbocycles. The van der Waals surface area contributed by atoms with Crippen molar-refractivity contribution >= 4 is 35.5 Å². The molecule has 13 nitrogen and oxygen atoms in total. The lowest BCUT2D eigenvalue weighted by molar-refractivity contribution is -0.188. The van der Waals surface area contributed by atoms with Gasteiger partial charge in [-0.1, -0.05) is 11.2 Å². The van der Waals surface area contributed by atoms with Crippen LogP contribution in [0, 0.1) is 0 Å². The zero-order valence-corrected chi connectivity index (χ0v) is 30.3. The van der Waals surface area contributed by atoms with E-state index in [1.807, 2.05) is 0 Å². The van der Waals surface area contributed by atoms with Gasteiger partial charge in [0.25, 0.3) is 0 Å². The fraction of sp³-hybridized carbons (Fsp3) is 0.657. The first-order valence-electron chi connectivity index (χ1n) is 15.9. The number of nitrogens with one attached hydrogen (secondary N) is 1. The van der Waals surface area contributed by atoms with Crippen LogP contribution < -0.4 is 5.32 Å². The van der Waals surface area contributed by atoms with Gasteiger partial charge >= 0.3 is 23.9 Å². The number of phenolic OH excluding ortho intramolecular Hbond substituents is 1. The van der Waals surface area contributed by atoms with E-state index < -0.39 is 76.7 Å². The van der Waals surface area contributed by atoms with Crippen LogP contribution in [0.4, 0.5) is 0 Å². The molecule has 0 fully saturated rings. The summed E-state index contributed by atoms with van der Waals surface area (Å²) in [5.41, 5.74) is -4.01. The first-order valence-corrected chi connectivity index (χ1v) is 15.9. The number of phenols is 1. The summed E-state index contributed by atoms with van der Waals surface area (Å²) in [6.07, 6.45) is -1.11. The Morgan fingerprint density at radius 2 is 1.38 bits per heavy atom. The minimum Gasteiger partial charge on any atom is -0.508 e. The Labute approximate surface area is 283 Å². The number of benzene rings is 1. The molecule has 13 heteroatoms. The van der Waals surface area contributed by atoms with Crippen molar-refractivity contribution in [3.8, 4) is 5.75 Å². The Hall–Kier alpha value is -4.16. The summed E-state index contributed by atoms with van der Waals surface area (Å²) in [4.78, 5) is 70.6. The summed E-state index contributed by atoms with van der Waals surface area (Å²) < 4.78 is 21.8. The number of carbonyl (C=O) groups is 5. The third-order valence-corrected chi connectivity index (χ3v) is 6.25. The van der Waals surface area contributed by atoms with Crippen LogP contribution in [0.2, 0.25) is 0 Å². The second-order valence-corrected chi connectivity index (χ2v) is 15.9. The zero-order valence-electron chi connectivity index (χ0n) is 30.3. The molecule has 1 aliphatic heterocycles. The van der Waals surface area contributed by atoms with Gasteiger partial charge in [-0.05, 0) is 107 Å². The van der Waals surface area contributed by atoms with Crippen LogP contribution in [0.25, 0.3) is 0 Å². The van der Waals surface area contributed by atoms with Crippen molar-refractivity contribution in [2.45, 2.75) is 149 Å². The number of oxime groups is 1. The van der Waals surface area contributed by atoms with E-state index >= 15 is 0 Å². The molecule has 1 unspecified atom stereocenters. The topological polar surface area (TPSA) is 176 Å². The molecule has 2 N–H and O–H groups in total. The molecule has 0 aromatic heterocycles. The van der Waals surface area contributed by atoms with Crippen LogP contribution in [0.5, 0.6) is 5.75 Å². The van der Waals surface area contributed by atoms with E-state index in [4.69, 9.17) is 23.8 Å². The molecule has 0 saturated carbocycles. The second-order valence-electron chi connectivity index (χ2n) is 15.9. The average molecular weight is 677 g/mol. The second kappa shape index (κ2) is 14.9. The SMILES string of the molecule is CC(C)(C)OC(=O)C[C@H](NC(=O)CCc1ccc(O)cc1C1=NOC(CC(=O)OC(C)(C)C)(C(=O)OC(C)(C)C)C1)C(=O)OC(C)(C)C. The number of nitrogens with zero attached hydrogens (tertiary/aromatic N) is 1. The Bertz CT molecular complexity index is 1410. The van der Waals surface area contributed by atoms with E-state index in [1.165, 1.54) is 12.1 Å². The lowest BCUT2D eigenvalue weighted by Gasteiger charge is -2.29. The molecule has 1 aromatic carbocycles. The molecule has 0 bridgehead atoms. The van der Waals surface area contributed by atoms with Crippen LogP contribution in [0.3, 0.4) is 0 Å². The van der Waals surface area contributed by atoms with Gasteiger partial charge in [-0.3, -0.25) is 14.4 Å². The predicted molar refractivity (Wildman–Crippen MR) is 176 cm³/mol. The Kier molecular flexibility index (Phi) is 12.5. The predicted octanol–water partition coefficient (Wildman–Crippen LogP) is 4.82. The Balaban J connectivity index is 2.30. The summed E-state index contributed by atoms with van der Waals surface area (Å²) in [7, 11) is 0. The van der Waals surface area contributed by atoms with E-state index in [9.17, 15) is 29.1 Å². The van der Waals surface area contributed by atoms with E-state index in [0.717, 1.165) is 0 Å². The van der Waals surface area contributed by atoms with Crippen LogP contribution in [0.15, 0.2) is 23.4 Å². The summed E-state index contributed by atoms with van der Waals surface area (Å²) in [6, 6.07) is 3.15. The number of aromatic hydroxyl groups is 1. The smallest absolute Gasteiger partial charge is 0.354 e. The maximum Gasteiger partial charge on any atom is 0.354 e. The molecule has 0 spiro atoms. The Morgan fingerprint density at radius 1 is 0.833 bits per heavy atom. The van der Waals surface area contributed by atoms with Crippen molar-refractivity contribution in [2.75, 3.05) is 0 Å². The molecule has 2 atom stereocenters. The minimum atomic E-state index is -1.83. The molecule has 1 aromatic rings. The number of hydrogen-bond acceptors (Lipinski definition) is 12. The number of aryl methyl sites for hydroxylation is 1. The fourth-order valence-corrected chi connectivity index (χ4v) is 4.56. The highest BCUT2D eigenvalue weighted by molar-refractivity contribution is 6.07. The van der Waals surface area contributed by atoms with Gasteiger partial charge in [-0.2, -0.15) is 0 Å². The third kappa shape index (κ3) is 13.5. The van der Waals surface area contributed by atoms with Crippen molar-refractivity contribution in [2.24, 2.45) is 5.16 Å². The van der Waals surface area contributed by atoms with Gasteiger partial charge in [0, 0.05) is 18.4 Å². The van der Waals surface area contributed by atoms with Crippen molar-refractivity contribution in [3.63, 3.8) is 0 Å². The lowest BCUT2D eigenvalue weighted by Crippen LogP contribution is -2.46. The van der Waals surface area contributed by atoms with Gasteiger partial charge in [-0.15, -0.1) is 0 Å². The van der Waals surface area contributed by atoms with Crippen LogP contribution in [-0.2, 0) is 54.2 Å². The molecule has 2 rings (SSSR count). The Morgan fingerprint density at radius 3 is 1.92 bits per heavy atom. The largest absolute Gasteiger partial charge is 0.508 e. The molecular formula is C35H52N2O11. The first kappa shape index (κ1) is 40.0. The van der Waals surface area contributed by atoms with Crippen molar-refractivity contribution in [3.05, 3.63) is 29.3 Å². The normalized spacial score (nSPS) is 17.4. The van der Waals surface area contributed by atoms with Gasteiger partial charge in [0.1, 0.15) is 34.2 Å². The fourth-order valence-electron chi connectivity index (χ4n) is 4.56. The van der Waals surface area contributed by atoms with Gasteiger partial charge in [-0.25, -0.2) is 9.59 Å². The van der Waals surface area contributed by atoms with Crippen molar-refractivity contribution in [1.82, 2.24) is 5.32 Å². The van der Waals surface area contributed by atoms with E-state index in [0.29, 0.717) is 11.1 Å². The number of hydrogen-bond donors (Lipinski definition) is 2. The van der Waals surface area contributed by atoms with Gasteiger partial charge in [0.2, 0.25) is 11.5 Å². The molecule has 268 valence electrons. The molecule has 1 aliphatic rings. The number of carbonyl (C=O) groups excluding carboxylic acids is 5. The van der Waals surface area contributed by atoms with Crippen LogP contribution in [0.1, 0.15) is 120 Å². The summed E-state index contributed by atoms with van der Waals surface area (Å²) in [6.45, 7) is 20.2. The van der Waals surface area contributed by atoms with Crippen molar-refractivity contribution in [1.29, 1.82) is 0 Å². The first-order chi connectivity index (χ1) is 21.7. The van der Waals surface area contributed by atoms with Gasteiger partial charge in [0.15, 0.2) is 0 Å². The average Bonchev–Trinajstić information content (AvgIpc) is 3.28. The molecule has 48 heavy (non-hydrogen) atoms. The minimum absolute atomic E-state index is 0.106. The molecule has 1 amide bonds. The molecular weight excluding hydrogens is 624 g/mol. The number of esters is 4. The molecule has 0 saturated heterocycles. The third-order valence-electron chi connectivity index (χ3n) is 6.25. The summed E-state index contributed by atoms with van der Waals surface area (Å²) in [5, 5.41) is 17.1. The highest BCUT2D eigenvalue weighted by Crippen LogP contribution is 2.35. The summed E-state index contributed by atoms with van der Waals surface area (Å²) >= 11 is 0. The maximum atomic E-state index is 13.4. The monoisotopic (exact) mass is 676 g/mol. The van der Waals surface area contributed by atoms with Gasteiger partial charge < -0.3 is 34.2 Å². The maximum absolute atomic E-state index is 13.4.